The van der Waals surface area contributed by atoms with Crippen LogP contribution in [0.1, 0.15) is 36.5 Å². The monoisotopic (exact) mass is 408 g/mol. The molecule has 12 heteroatoms. The first-order valence-electron chi connectivity index (χ1n) is 8.11. The van der Waals surface area contributed by atoms with Crippen molar-refractivity contribution in [2.45, 2.75) is 42.0 Å². The van der Waals surface area contributed by atoms with Gasteiger partial charge in [0.05, 0.1) is 0 Å². The van der Waals surface area contributed by atoms with Crippen molar-refractivity contribution in [3.63, 3.8) is 0 Å². The Balaban J connectivity index is 1.53. The predicted molar refractivity (Wildman–Crippen MR) is 95.8 cm³/mol. The van der Waals surface area contributed by atoms with Gasteiger partial charge in [-0.25, -0.2) is 5.10 Å². The lowest BCUT2D eigenvalue weighted by molar-refractivity contribution is -0.153. The van der Waals surface area contributed by atoms with Gasteiger partial charge in [0.1, 0.15) is 17.5 Å². The number of thiophene rings is 1. The zero-order valence-corrected chi connectivity index (χ0v) is 16.0. The zero-order valence-electron chi connectivity index (χ0n) is 14.3. The molecule has 2 aromatic heterocycles. The number of nitrogens with zero attached hydrogens (tertiary/aromatic N) is 4. The molecule has 4 rings (SSSR count). The van der Waals surface area contributed by atoms with E-state index in [4.69, 9.17) is 0 Å². The molecule has 2 aliphatic heterocycles. The number of carbonyl (C=O) groups excluding carboxylic acids is 2. The molecule has 2 aromatic rings. The number of aliphatic carboxylic acids is 1. The Kier molecular flexibility index (Phi) is 4.18. The van der Waals surface area contributed by atoms with Gasteiger partial charge < -0.3 is 15.3 Å². The number of hydrogen-bond acceptors (Lipinski definition) is 8. The first-order valence-corrected chi connectivity index (χ1v) is 9.87. The number of rotatable bonds is 5. The van der Waals surface area contributed by atoms with E-state index in [1.54, 1.807) is 22.4 Å². The van der Waals surface area contributed by atoms with Crippen molar-refractivity contribution in [1.29, 1.82) is 0 Å². The van der Waals surface area contributed by atoms with E-state index in [-0.39, 0.29) is 22.1 Å². The van der Waals surface area contributed by atoms with Crippen LogP contribution in [0.25, 0.3) is 0 Å². The molecule has 2 fully saturated rings. The topological polar surface area (TPSA) is 141 Å². The number of nitrogens with one attached hydrogen (secondary N) is 2. The summed E-state index contributed by atoms with van der Waals surface area (Å²) in [5.74, 6) is -3.06. The minimum Gasteiger partial charge on any atom is -0.480 e. The fourth-order valence-electron chi connectivity index (χ4n) is 3.53. The zero-order chi connectivity index (χ0) is 19.3. The summed E-state index contributed by atoms with van der Waals surface area (Å²) in [7, 11) is 0. The van der Waals surface area contributed by atoms with Crippen molar-refractivity contribution < 1.29 is 19.5 Å². The van der Waals surface area contributed by atoms with Gasteiger partial charge >= 0.3 is 5.97 Å². The first-order chi connectivity index (χ1) is 12.8. The maximum Gasteiger partial charge on any atom is 0.321 e. The summed E-state index contributed by atoms with van der Waals surface area (Å²) in [6, 6.07) is 2.16. The molecule has 27 heavy (non-hydrogen) atoms. The second kappa shape index (κ2) is 6.30. The molecule has 0 aromatic carbocycles. The standard InChI is InChI=1S/C15H16N6O4S2/c1-15(2)9(10-17-19-20-18-10)21-12(23)8(13(21)27-15)16-11(22)7(14(24)25)6-4-3-5-26-6/h3-5,7-9,13H,1-2H3,(H,16,22)(H,24,25)(H,17,18,19,20)/t7?,8?,9?,13-/m0/s1. The molecule has 2 amide bonds. The van der Waals surface area contributed by atoms with Crippen molar-refractivity contribution in [2.24, 2.45) is 0 Å². The van der Waals surface area contributed by atoms with Gasteiger partial charge in [0.15, 0.2) is 11.7 Å². The highest BCUT2D eigenvalue weighted by Crippen LogP contribution is 2.56. The van der Waals surface area contributed by atoms with Gasteiger partial charge in [0.25, 0.3) is 0 Å². The van der Waals surface area contributed by atoms with Gasteiger partial charge in [-0.3, -0.25) is 14.4 Å². The van der Waals surface area contributed by atoms with Gasteiger partial charge in [-0.15, -0.1) is 28.2 Å². The van der Waals surface area contributed by atoms with Crippen LogP contribution in [0.4, 0.5) is 0 Å². The molecule has 3 N–H and O–H groups in total. The molecular formula is C15H16N6O4S2. The quantitative estimate of drug-likeness (QED) is 0.475. The van der Waals surface area contributed by atoms with E-state index in [9.17, 15) is 19.5 Å². The Hall–Kier alpha value is -2.47. The van der Waals surface area contributed by atoms with Crippen molar-refractivity contribution in [3.05, 3.63) is 28.2 Å². The maximum absolute atomic E-state index is 12.7. The number of H-pyrrole nitrogens is 1. The average Bonchev–Trinajstić information content (AvgIpc) is 3.32. The molecule has 4 atom stereocenters. The van der Waals surface area contributed by atoms with Crippen molar-refractivity contribution in [3.8, 4) is 0 Å². The number of hydrogen-bond donors (Lipinski definition) is 3. The van der Waals surface area contributed by atoms with Crippen LogP contribution in [0.15, 0.2) is 17.5 Å². The molecular weight excluding hydrogens is 392 g/mol. The Labute approximate surface area is 161 Å². The van der Waals surface area contributed by atoms with Gasteiger partial charge in [0.2, 0.25) is 11.8 Å². The molecule has 0 spiro atoms. The molecule has 142 valence electrons. The Bertz CT molecular complexity index is 884. The molecule has 2 aliphatic rings. The number of carboxylic acid groups (broad SMARTS) is 1. The highest BCUT2D eigenvalue weighted by Gasteiger charge is 2.63. The second-order valence-electron chi connectivity index (χ2n) is 6.82. The van der Waals surface area contributed by atoms with Crippen molar-refractivity contribution in [1.82, 2.24) is 30.8 Å². The van der Waals surface area contributed by atoms with Crippen LogP contribution < -0.4 is 5.32 Å². The number of aromatic nitrogens is 4. The lowest BCUT2D eigenvalue weighted by atomic mass is 9.95. The minimum atomic E-state index is -1.33. The van der Waals surface area contributed by atoms with E-state index in [1.807, 2.05) is 13.8 Å². The SMILES string of the molecule is CC1(C)S[C@H]2C(NC(=O)C(C(=O)O)c3cccs3)C(=O)N2C1c1nnn[nH]1. The summed E-state index contributed by atoms with van der Waals surface area (Å²) in [4.78, 5) is 38.9. The van der Waals surface area contributed by atoms with Crippen molar-refractivity contribution in [2.75, 3.05) is 0 Å². The lowest BCUT2D eigenvalue weighted by Crippen LogP contribution is -2.68. The molecule has 0 radical (unpaired) electrons. The van der Waals surface area contributed by atoms with Gasteiger partial charge in [-0.1, -0.05) is 6.07 Å². The molecule has 2 saturated heterocycles. The third kappa shape index (κ3) is 2.79. The van der Waals surface area contributed by atoms with E-state index in [2.05, 4.69) is 25.9 Å². The summed E-state index contributed by atoms with van der Waals surface area (Å²) in [5.41, 5.74) is 0. The summed E-state index contributed by atoms with van der Waals surface area (Å²) >= 11 is 2.72. The summed E-state index contributed by atoms with van der Waals surface area (Å²) in [6.45, 7) is 3.95. The Morgan fingerprint density at radius 3 is 2.81 bits per heavy atom. The highest BCUT2D eigenvalue weighted by molar-refractivity contribution is 8.01. The number of carbonyl (C=O) groups is 3. The van der Waals surface area contributed by atoms with E-state index >= 15 is 0 Å². The molecule has 0 saturated carbocycles. The number of amides is 2. The number of fused-ring (bicyclic) bond motifs is 1. The van der Waals surface area contributed by atoms with E-state index in [1.165, 1.54) is 23.1 Å². The normalized spacial score (nSPS) is 27.0. The molecule has 3 unspecified atom stereocenters. The summed E-state index contributed by atoms with van der Waals surface area (Å²) in [5, 5.41) is 27.3. The number of carboxylic acids is 1. The van der Waals surface area contributed by atoms with Crippen LogP contribution in [0.2, 0.25) is 0 Å². The highest BCUT2D eigenvalue weighted by atomic mass is 32.2. The Morgan fingerprint density at radius 2 is 2.22 bits per heavy atom. The lowest BCUT2D eigenvalue weighted by Gasteiger charge is -2.44. The average molecular weight is 408 g/mol. The van der Waals surface area contributed by atoms with Crippen LogP contribution >= 0.6 is 23.1 Å². The fourth-order valence-corrected chi connectivity index (χ4v) is 5.98. The number of aromatic amines is 1. The number of β-lactam (4-membered cyclic amide) rings is 1. The Morgan fingerprint density at radius 1 is 1.44 bits per heavy atom. The third-order valence-electron chi connectivity index (χ3n) is 4.70. The van der Waals surface area contributed by atoms with Gasteiger partial charge in [0, 0.05) is 9.62 Å². The fraction of sp³-hybridized carbons (Fsp3) is 0.467. The second-order valence-corrected chi connectivity index (χ2v) is 9.57. The summed E-state index contributed by atoms with van der Waals surface area (Å²) < 4.78 is -0.374. The van der Waals surface area contributed by atoms with Gasteiger partial charge in [-0.2, -0.15) is 0 Å². The smallest absolute Gasteiger partial charge is 0.321 e. The van der Waals surface area contributed by atoms with Crippen LogP contribution in [-0.2, 0) is 14.4 Å². The molecule has 10 nitrogen and oxygen atoms in total. The summed E-state index contributed by atoms with van der Waals surface area (Å²) in [6.07, 6.45) is 0. The van der Waals surface area contributed by atoms with Crippen molar-refractivity contribution >= 4 is 40.9 Å². The first kappa shape index (κ1) is 17.9. The van der Waals surface area contributed by atoms with Crippen LogP contribution in [-0.4, -0.2) is 64.6 Å². The molecule has 0 bridgehead atoms. The minimum absolute atomic E-state index is 0.275. The molecule has 0 aliphatic carbocycles. The number of thioether (sulfide) groups is 1. The van der Waals surface area contributed by atoms with Gasteiger partial charge in [-0.05, 0) is 35.7 Å². The van der Waals surface area contributed by atoms with E-state index in [0.29, 0.717) is 10.7 Å². The maximum atomic E-state index is 12.7. The third-order valence-corrected chi connectivity index (χ3v) is 7.21. The largest absolute Gasteiger partial charge is 0.480 e. The van der Waals surface area contributed by atoms with Crippen LogP contribution in [0, 0.1) is 0 Å². The van der Waals surface area contributed by atoms with Crippen LogP contribution in [0.5, 0.6) is 0 Å². The van der Waals surface area contributed by atoms with E-state index in [0.717, 1.165) is 0 Å². The van der Waals surface area contributed by atoms with Crippen LogP contribution in [0.3, 0.4) is 0 Å². The predicted octanol–water partition coefficient (Wildman–Crippen LogP) is 0.349. The van der Waals surface area contributed by atoms with E-state index < -0.39 is 23.8 Å². The molecule has 4 heterocycles. The number of tetrazole rings is 1.